The number of aliphatic hydroxyl groups excluding tert-OH is 1. The standard InChI is InChI=1S/C19H31Cl2O10P/c1-5-30-32(23,31-6-2)19(22)14-11-15(20)17(28-12-26-9-7-24-3)18(16(14)21)29-13-27-10-8-25-4/h11,19,22H,5-10,12-13H2,1-4H3. The Morgan fingerprint density at radius 2 is 1.41 bits per heavy atom. The normalized spacial score (nSPS) is 12.7. The molecule has 0 aliphatic carbocycles. The van der Waals surface area contributed by atoms with Gasteiger partial charge in [0.2, 0.25) is 0 Å². The highest BCUT2D eigenvalue weighted by Crippen LogP contribution is 2.62. The molecule has 1 rings (SSSR count). The van der Waals surface area contributed by atoms with Gasteiger partial charge in [-0.25, -0.2) is 0 Å². The molecule has 0 spiro atoms. The summed E-state index contributed by atoms with van der Waals surface area (Å²) in [6, 6.07) is 1.31. The van der Waals surface area contributed by atoms with Gasteiger partial charge < -0.3 is 42.6 Å². The molecular weight excluding hydrogens is 490 g/mol. The molecule has 0 radical (unpaired) electrons. The average molecular weight is 521 g/mol. The monoisotopic (exact) mass is 520 g/mol. The van der Waals surface area contributed by atoms with E-state index in [9.17, 15) is 9.67 Å². The van der Waals surface area contributed by atoms with Crippen LogP contribution in [0, 0.1) is 0 Å². The lowest BCUT2D eigenvalue weighted by Gasteiger charge is -2.25. The van der Waals surface area contributed by atoms with Crippen LogP contribution in [-0.2, 0) is 32.6 Å². The van der Waals surface area contributed by atoms with E-state index in [1.165, 1.54) is 13.2 Å². The Labute approximate surface area is 198 Å². The van der Waals surface area contributed by atoms with Crippen LogP contribution in [0.2, 0.25) is 10.0 Å². The molecule has 1 aromatic rings. The number of ether oxygens (including phenoxy) is 6. The summed E-state index contributed by atoms with van der Waals surface area (Å²) < 4.78 is 55.1. The number of aliphatic hydroxyl groups is 1. The zero-order chi connectivity index (χ0) is 24.0. The Kier molecular flexibility index (Phi) is 14.7. The number of benzene rings is 1. The lowest BCUT2D eigenvalue weighted by molar-refractivity contribution is -0.0207. The smallest absolute Gasteiger partial charge is 0.363 e. The van der Waals surface area contributed by atoms with Crippen molar-refractivity contribution in [2.75, 3.05) is 67.4 Å². The van der Waals surface area contributed by atoms with Crippen molar-refractivity contribution >= 4 is 30.8 Å². The topological polar surface area (TPSA) is 111 Å². The van der Waals surface area contributed by atoms with Gasteiger partial charge in [0.25, 0.3) is 0 Å². The van der Waals surface area contributed by atoms with Gasteiger partial charge >= 0.3 is 7.60 Å². The zero-order valence-corrected chi connectivity index (χ0v) is 21.0. The predicted octanol–water partition coefficient (Wildman–Crippen LogP) is 4.25. The van der Waals surface area contributed by atoms with Crippen molar-refractivity contribution in [3.8, 4) is 11.5 Å². The first kappa shape index (κ1) is 29.4. The molecule has 0 saturated carbocycles. The molecule has 32 heavy (non-hydrogen) atoms. The van der Waals surface area contributed by atoms with E-state index in [4.69, 9.17) is 60.7 Å². The van der Waals surface area contributed by atoms with Crippen molar-refractivity contribution in [2.24, 2.45) is 0 Å². The van der Waals surface area contributed by atoms with Crippen LogP contribution in [-0.4, -0.2) is 72.6 Å². The van der Waals surface area contributed by atoms with Gasteiger partial charge in [-0.1, -0.05) is 23.2 Å². The highest BCUT2D eigenvalue weighted by Gasteiger charge is 2.38. The van der Waals surface area contributed by atoms with E-state index >= 15 is 0 Å². The molecule has 1 atom stereocenters. The molecule has 1 N–H and O–H groups in total. The molecule has 0 bridgehead atoms. The second kappa shape index (κ2) is 16.1. The van der Waals surface area contributed by atoms with E-state index < -0.39 is 13.4 Å². The fourth-order valence-corrected chi connectivity index (χ4v) is 4.62. The van der Waals surface area contributed by atoms with Crippen LogP contribution in [0.1, 0.15) is 25.3 Å². The van der Waals surface area contributed by atoms with Crippen molar-refractivity contribution in [1.29, 1.82) is 0 Å². The van der Waals surface area contributed by atoms with Crippen LogP contribution in [0.15, 0.2) is 6.07 Å². The predicted molar refractivity (Wildman–Crippen MR) is 119 cm³/mol. The van der Waals surface area contributed by atoms with E-state index in [0.29, 0.717) is 19.8 Å². The maximum atomic E-state index is 13.0. The molecule has 0 heterocycles. The van der Waals surface area contributed by atoms with Gasteiger partial charge in [0.05, 0.1) is 49.7 Å². The minimum atomic E-state index is -3.96. The Morgan fingerprint density at radius 1 is 0.906 bits per heavy atom. The van der Waals surface area contributed by atoms with Crippen molar-refractivity contribution < 1.29 is 47.1 Å². The lowest BCUT2D eigenvalue weighted by Crippen LogP contribution is -2.13. The molecular formula is C19H31Cl2O10P. The van der Waals surface area contributed by atoms with Crippen LogP contribution in [0.5, 0.6) is 11.5 Å². The van der Waals surface area contributed by atoms with Gasteiger partial charge in [-0.3, -0.25) is 4.57 Å². The number of methoxy groups -OCH3 is 2. The Bertz CT molecular complexity index is 712. The lowest BCUT2D eigenvalue weighted by atomic mass is 10.2. The Morgan fingerprint density at radius 3 is 1.88 bits per heavy atom. The molecule has 0 aromatic heterocycles. The van der Waals surface area contributed by atoms with Gasteiger partial charge in [0.1, 0.15) is 0 Å². The summed E-state index contributed by atoms with van der Waals surface area (Å²) in [4.78, 5) is 0. The third-order valence-electron chi connectivity index (χ3n) is 3.79. The van der Waals surface area contributed by atoms with Gasteiger partial charge in [-0.15, -0.1) is 0 Å². The molecule has 0 amide bonds. The quantitative estimate of drug-likeness (QED) is 0.171. The minimum Gasteiger partial charge on any atom is -0.462 e. The van der Waals surface area contributed by atoms with Gasteiger partial charge in [-0.2, -0.15) is 0 Å². The van der Waals surface area contributed by atoms with Crippen molar-refractivity contribution in [3.63, 3.8) is 0 Å². The van der Waals surface area contributed by atoms with E-state index in [2.05, 4.69) is 0 Å². The van der Waals surface area contributed by atoms with Crippen LogP contribution >= 0.6 is 30.8 Å². The van der Waals surface area contributed by atoms with Gasteiger partial charge in [-0.05, 0) is 19.9 Å². The molecule has 1 unspecified atom stereocenters. The van der Waals surface area contributed by atoms with Gasteiger partial charge in [0, 0.05) is 19.8 Å². The van der Waals surface area contributed by atoms with Crippen LogP contribution in [0.25, 0.3) is 0 Å². The van der Waals surface area contributed by atoms with Crippen molar-refractivity contribution in [3.05, 3.63) is 21.7 Å². The molecule has 1 aromatic carbocycles. The van der Waals surface area contributed by atoms with E-state index in [0.717, 1.165) is 0 Å². The molecule has 10 nitrogen and oxygen atoms in total. The third kappa shape index (κ3) is 8.95. The highest BCUT2D eigenvalue weighted by atomic mass is 35.5. The summed E-state index contributed by atoms with van der Waals surface area (Å²) in [7, 11) is -0.876. The Balaban J connectivity index is 3.22. The summed E-state index contributed by atoms with van der Waals surface area (Å²) in [5, 5.41) is 10.7. The number of rotatable bonds is 18. The zero-order valence-electron chi connectivity index (χ0n) is 18.6. The molecule has 0 fully saturated rings. The minimum absolute atomic E-state index is 0.0126. The second-order valence-electron chi connectivity index (χ2n) is 6.00. The maximum Gasteiger partial charge on any atom is 0.363 e. The summed E-state index contributed by atoms with van der Waals surface area (Å²) in [5.41, 5.74) is -0.0126. The van der Waals surface area contributed by atoms with Crippen molar-refractivity contribution in [1.82, 2.24) is 0 Å². The van der Waals surface area contributed by atoms with Crippen molar-refractivity contribution in [2.45, 2.75) is 19.7 Å². The van der Waals surface area contributed by atoms with E-state index in [1.54, 1.807) is 21.0 Å². The van der Waals surface area contributed by atoms with E-state index in [-0.39, 0.29) is 60.5 Å². The summed E-state index contributed by atoms with van der Waals surface area (Å²) in [6.45, 7) is 4.27. The molecule has 0 aliphatic rings. The molecule has 13 heteroatoms. The first-order chi connectivity index (χ1) is 15.4. The van der Waals surface area contributed by atoms with Crippen LogP contribution < -0.4 is 9.47 Å². The summed E-state index contributed by atoms with van der Waals surface area (Å²) in [6.07, 6.45) is 0. The number of hydrogen-bond donors (Lipinski definition) is 1. The maximum absolute atomic E-state index is 13.0. The highest BCUT2D eigenvalue weighted by molar-refractivity contribution is 7.54. The molecule has 0 saturated heterocycles. The van der Waals surface area contributed by atoms with E-state index in [1.807, 2.05) is 0 Å². The average Bonchev–Trinajstić information content (AvgIpc) is 2.76. The molecule has 0 aliphatic heterocycles. The fraction of sp³-hybridized carbons (Fsp3) is 0.684. The first-order valence-electron chi connectivity index (χ1n) is 9.83. The summed E-state index contributed by atoms with van der Waals surface area (Å²) >= 11 is 12.9. The van der Waals surface area contributed by atoms with Crippen LogP contribution in [0.3, 0.4) is 0 Å². The van der Waals surface area contributed by atoms with Gasteiger partial charge in [0.15, 0.2) is 30.9 Å². The SMILES string of the molecule is CCOP(=O)(OCC)C(O)c1cc(Cl)c(OCOCCOC)c(OCOCCOC)c1Cl. The number of hydrogen-bond acceptors (Lipinski definition) is 10. The third-order valence-corrected chi connectivity index (χ3v) is 6.57. The number of halogens is 2. The second-order valence-corrected chi connectivity index (χ2v) is 8.87. The summed E-state index contributed by atoms with van der Waals surface area (Å²) in [5.74, 6) is -1.68. The fourth-order valence-electron chi connectivity index (χ4n) is 2.37. The largest absolute Gasteiger partial charge is 0.462 e. The first-order valence-corrected chi connectivity index (χ1v) is 12.2. The van der Waals surface area contributed by atoms with Crippen LogP contribution in [0.4, 0.5) is 0 Å². The molecule has 186 valence electrons. The Hall–Kier alpha value is -0.650.